The van der Waals surface area contributed by atoms with Gasteiger partial charge in [0.25, 0.3) is 0 Å². The minimum Gasteiger partial charge on any atom is -0.311 e. The average molecular weight is 407 g/mol. The highest BCUT2D eigenvalue weighted by molar-refractivity contribution is 5.85. The van der Waals surface area contributed by atoms with Crippen LogP contribution in [0.1, 0.15) is 42.4 Å². The molecule has 2 aromatic rings. The molecule has 2 aliphatic rings. The summed E-state index contributed by atoms with van der Waals surface area (Å²) in [5, 5.41) is 3.97. The summed E-state index contributed by atoms with van der Waals surface area (Å²) in [6.07, 6.45) is 7.40. The Kier molecular flexibility index (Phi) is 7.76. The van der Waals surface area contributed by atoms with Crippen molar-refractivity contribution >= 4 is 24.8 Å². The maximum atomic E-state index is 3.97. The number of fused-ring (bicyclic) bond motifs is 1. The van der Waals surface area contributed by atoms with Crippen molar-refractivity contribution in [2.45, 2.75) is 56.1 Å². The number of nitrogens with zero attached hydrogens (tertiary/aromatic N) is 1. The lowest BCUT2D eigenvalue weighted by Gasteiger charge is -2.46. The molecule has 0 heterocycles. The molecule has 0 spiro atoms. The molecule has 0 saturated heterocycles. The number of hydrogen-bond acceptors (Lipinski definition) is 2. The number of rotatable bonds is 4. The number of nitrogens with one attached hydrogen (secondary N) is 1. The molecular formula is C23H32Cl2N2. The van der Waals surface area contributed by atoms with Gasteiger partial charge in [-0.2, -0.15) is 0 Å². The second-order valence-corrected chi connectivity index (χ2v) is 8.11. The number of benzene rings is 2. The number of hydrogen-bond donors (Lipinski definition) is 1. The van der Waals surface area contributed by atoms with Crippen molar-refractivity contribution < 1.29 is 0 Å². The van der Waals surface area contributed by atoms with Crippen LogP contribution in [0.4, 0.5) is 0 Å². The third-order valence-electron chi connectivity index (χ3n) is 6.50. The summed E-state index contributed by atoms with van der Waals surface area (Å²) in [6.45, 7) is 0. The summed E-state index contributed by atoms with van der Waals surface area (Å²) in [4.78, 5) is 2.45. The van der Waals surface area contributed by atoms with E-state index in [1.807, 2.05) is 0 Å². The van der Waals surface area contributed by atoms with Gasteiger partial charge in [0.15, 0.2) is 0 Å². The smallest absolute Gasteiger partial charge is 0.0455 e. The van der Waals surface area contributed by atoms with Crippen LogP contribution in [0.25, 0.3) is 0 Å². The Morgan fingerprint density at radius 3 is 1.81 bits per heavy atom. The predicted molar refractivity (Wildman–Crippen MR) is 119 cm³/mol. The van der Waals surface area contributed by atoms with Crippen molar-refractivity contribution in [3.8, 4) is 0 Å². The third-order valence-corrected chi connectivity index (χ3v) is 6.50. The SMILES string of the molecule is CN(C)C1(c2ccccc2)CCC(NC2Cc3ccccc3C2)CC1.Cl.Cl. The molecule has 0 radical (unpaired) electrons. The van der Waals surface area contributed by atoms with Gasteiger partial charge in [0, 0.05) is 17.6 Å². The van der Waals surface area contributed by atoms with Crippen molar-refractivity contribution in [1.29, 1.82) is 0 Å². The zero-order valence-electron chi connectivity index (χ0n) is 16.4. The Morgan fingerprint density at radius 1 is 0.778 bits per heavy atom. The van der Waals surface area contributed by atoms with Crippen LogP contribution in [-0.4, -0.2) is 31.1 Å². The molecule has 0 aliphatic heterocycles. The molecule has 0 aromatic heterocycles. The maximum absolute atomic E-state index is 3.97. The lowest BCUT2D eigenvalue weighted by molar-refractivity contribution is 0.0835. The first-order chi connectivity index (χ1) is 12.2. The lowest BCUT2D eigenvalue weighted by atomic mass is 9.74. The molecule has 1 N–H and O–H groups in total. The van der Waals surface area contributed by atoms with Crippen LogP contribution >= 0.6 is 24.8 Å². The van der Waals surface area contributed by atoms with E-state index in [1.54, 1.807) is 11.1 Å². The van der Waals surface area contributed by atoms with E-state index in [4.69, 9.17) is 0 Å². The Bertz CT molecular complexity index is 684. The van der Waals surface area contributed by atoms with Crippen LogP contribution in [-0.2, 0) is 18.4 Å². The lowest BCUT2D eigenvalue weighted by Crippen LogP contribution is -2.49. The Balaban J connectivity index is 0.00000131. The van der Waals surface area contributed by atoms with Gasteiger partial charge in [-0.25, -0.2) is 0 Å². The van der Waals surface area contributed by atoms with E-state index >= 15 is 0 Å². The molecule has 1 fully saturated rings. The van der Waals surface area contributed by atoms with Crippen LogP contribution in [0.5, 0.6) is 0 Å². The van der Waals surface area contributed by atoms with Gasteiger partial charge in [-0.1, -0.05) is 54.6 Å². The molecule has 148 valence electrons. The highest BCUT2D eigenvalue weighted by Gasteiger charge is 2.39. The van der Waals surface area contributed by atoms with E-state index in [2.05, 4.69) is 78.9 Å². The normalized spacial score (nSPS) is 24.8. The van der Waals surface area contributed by atoms with Crippen molar-refractivity contribution in [3.63, 3.8) is 0 Å². The molecule has 2 aliphatic carbocycles. The Hall–Kier alpha value is -1.06. The molecule has 27 heavy (non-hydrogen) atoms. The predicted octanol–water partition coefficient (Wildman–Crippen LogP) is 4.99. The molecule has 0 amide bonds. The second-order valence-electron chi connectivity index (χ2n) is 8.11. The first-order valence-corrected chi connectivity index (χ1v) is 9.73. The van der Waals surface area contributed by atoms with Gasteiger partial charge in [0.1, 0.15) is 0 Å². The van der Waals surface area contributed by atoms with Gasteiger partial charge in [-0.15, -0.1) is 24.8 Å². The van der Waals surface area contributed by atoms with Crippen LogP contribution in [0, 0.1) is 0 Å². The minimum atomic E-state index is 0. The first-order valence-electron chi connectivity index (χ1n) is 9.73. The second kappa shape index (κ2) is 9.43. The van der Waals surface area contributed by atoms with Gasteiger partial charge >= 0.3 is 0 Å². The first kappa shape index (κ1) is 22.2. The van der Waals surface area contributed by atoms with Gasteiger partial charge in [0.2, 0.25) is 0 Å². The standard InChI is InChI=1S/C23H30N2.2ClH/c1-25(2)23(20-10-4-3-5-11-20)14-12-21(13-15-23)24-22-16-18-8-6-7-9-19(18)17-22;;/h3-11,21-22,24H,12-17H2,1-2H3;2*1H. The molecular weight excluding hydrogens is 375 g/mol. The maximum Gasteiger partial charge on any atom is 0.0455 e. The fourth-order valence-electron chi connectivity index (χ4n) is 5.01. The van der Waals surface area contributed by atoms with Gasteiger partial charge in [-0.3, -0.25) is 4.90 Å². The highest BCUT2D eigenvalue weighted by Crippen LogP contribution is 2.41. The highest BCUT2D eigenvalue weighted by atomic mass is 35.5. The largest absolute Gasteiger partial charge is 0.311 e. The zero-order valence-corrected chi connectivity index (χ0v) is 18.0. The molecule has 0 atom stereocenters. The minimum absolute atomic E-state index is 0. The summed E-state index contributed by atoms with van der Waals surface area (Å²) in [7, 11) is 4.49. The fraction of sp³-hybridized carbons (Fsp3) is 0.478. The Morgan fingerprint density at radius 2 is 1.30 bits per heavy atom. The number of halogens is 2. The van der Waals surface area contributed by atoms with Gasteiger partial charge < -0.3 is 5.32 Å². The molecule has 2 nitrogen and oxygen atoms in total. The van der Waals surface area contributed by atoms with E-state index < -0.39 is 0 Å². The van der Waals surface area contributed by atoms with Gasteiger partial charge in [-0.05, 0) is 69.3 Å². The molecule has 1 saturated carbocycles. The van der Waals surface area contributed by atoms with Crippen molar-refractivity contribution in [2.75, 3.05) is 14.1 Å². The van der Waals surface area contributed by atoms with Crippen molar-refractivity contribution in [3.05, 3.63) is 71.3 Å². The molecule has 2 aromatic carbocycles. The van der Waals surface area contributed by atoms with E-state index in [0.717, 1.165) is 0 Å². The fourth-order valence-corrected chi connectivity index (χ4v) is 5.01. The van der Waals surface area contributed by atoms with Crippen molar-refractivity contribution in [1.82, 2.24) is 10.2 Å². The van der Waals surface area contributed by atoms with E-state index in [1.165, 1.54) is 44.1 Å². The molecule has 4 heteroatoms. The summed E-state index contributed by atoms with van der Waals surface area (Å²) < 4.78 is 0. The Labute approximate surface area is 176 Å². The van der Waals surface area contributed by atoms with Gasteiger partial charge in [0.05, 0.1) is 0 Å². The quantitative estimate of drug-likeness (QED) is 0.769. The average Bonchev–Trinajstić information content (AvgIpc) is 3.05. The van der Waals surface area contributed by atoms with E-state index in [0.29, 0.717) is 12.1 Å². The topological polar surface area (TPSA) is 15.3 Å². The zero-order chi connectivity index (χ0) is 17.3. The molecule has 4 rings (SSSR count). The molecule has 0 bridgehead atoms. The summed E-state index contributed by atoms with van der Waals surface area (Å²) in [6, 6.07) is 21.3. The van der Waals surface area contributed by atoms with Crippen LogP contribution < -0.4 is 5.32 Å². The molecule has 0 unspecified atom stereocenters. The monoisotopic (exact) mass is 406 g/mol. The van der Waals surface area contributed by atoms with E-state index in [9.17, 15) is 0 Å². The summed E-state index contributed by atoms with van der Waals surface area (Å²) in [5.41, 5.74) is 4.77. The third kappa shape index (κ3) is 4.51. The van der Waals surface area contributed by atoms with Crippen LogP contribution in [0.15, 0.2) is 54.6 Å². The van der Waals surface area contributed by atoms with Crippen molar-refractivity contribution in [2.24, 2.45) is 0 Å². The van der Waals surface area contributed by atoms with Crippen LogP contribution in [0.2, 0.25) is 0 Å². The summed E-state index contributed by atoms with van der Waals surface area (Å²) in [5.74, 6) is 0. The van der Waals surface area contributed by atoms with E-state index in [-0.39, 0.29) is 30.4 Å². The van der Waals surface area contributed by atoms with Crippen LogP contribution in [0.3, 0.4) is 0 Å². The summed E-state index contributed by atoms with van der Waals surface area (Å²) >= 11 is 0.